The molecular formula is C12H13ClN2O6S. The lowest BCUT2D eigenvalue weighted by Gasteiger charge is -2.21. The fourth-order valence-corrected chi connectivity index (χ4v) is 4.37. The Morgan fingerprint density at radius 3 is 2.68 bits per heavy atom. The Labute approximate surface area is 131 Å². The predicted octanol–water partition coefficient (Wildman–Crippen LogP) is 1.79. The Morgan fingerprint density at radius 1 is 1.50 bits per heavy atom. The lowest BCUT2D eigenvalue weighted by molar-refractivity contribution is -0.385. The predicted molar refractivity (Wildman–Crippen MR) is 77.4 cm³/mol. The van der Waals surface area contributed by atoms with E-state index >= 15 is 0 Å². The number of hydrogen-bond donors (Lipinski definition) is 1. The second kappa shape index (κ2) is 5.82. The Hall–Kier alpha value is -1.71. The summed E-state index contributed by atoms with van der Waals surface area (Å²) in [5, 5.41) is 20.0. The van der Waals surface area contributed by atoms with Gasteiger partial charge in [0.05, 0.1) is 14.8 Å². The molecule has 1 fully saturated rings. The summed E-state index contributed by atoms with van der Waals surface area (Å²) in [7, 11) is -4.16. The van der Waals surface area contributed by atoms with Gasteiger partial charge in [0.1, 0.15) is 6.04 Å². The summed E-state index contributed by atoms with van der Waals surface area (Å²) in [5.41, 5.74) is -0.265. The number of rotatable bonds is 4. The van der Waals surface area contributed by atoms with E-state index in [0.29, 0.717) is 6.42 Å². The number of nitro groups is 1. The molecule has 1 N–H and O–H groups in total. The Balaban J connectivity index is 2.55. The molecule has 0 aliphatic carbocycles. The second-order valence-electron chi connectivity index (χ2n) is 4.92. The third-order valence-corrected chi connectivity index (χ3v) is 5.86. The number of nitro benzene ring substituents is 1. The molecule has 0 saturated carbocycles. The molecule has 8 nitrogen and oxygen atoms in total. The minimum Gasteiger partial charge on any atom is -0.480 e. The Bertz CT molecular complexity index is 748. The van der Waals surface area contributed by atoms with Gasteiger partial charge in [-0.15, -0.1) is 0 Å². The highest BCUT2D eigenvalue weighted by molar-refractivity contribution is 7.89. The van der Waals surface area contributed by atoms with Crippen LogP contribution in [-0.2, 0) is 14.8 Å². The molecule has 1 saturated heterocycles. The molecular weight excluding hydrogens is 336 g/mol. The molecule has 22 heavy (non-hydrogen) atoms. The number of sulfonamides is 1. The molecule has 120 valence electrons. The average Bonchev–Trinajstić information content (AvgIpc) is 2.91. The average molecular weight is 349 g/mol. The van der Waals surface area contributed by atoms with Crippen LogP contribution in [0.4, 0.5) is 5.69 Å². The Kier molecular flexibility index (Phi) is 4.41. The summed E-state index contributed by atoms with van der Waals surface area (Å²) in [6.45, 7) is 1.46. The van der Waals surface area contributed by atoms with Gasteiger partial charge in [-0.05, 0) is 25.8 Å². The van der Waals surface area contributed by atoms with Crippen molar-refractivity contribution >= 4 is 33.3 Å². The van der Waals surface area contributed by atoms with E-state index in [1.54, 1.807) is 0 Å². The number of carboxylic acids is 1. The van der Waals surface area contributed by atoms with Gasteiger partial charge in [-0.2, -0.15) is 4.31 Å². The van der Waals surface area contributed by atoms with Crippen molar-refractivity contribution in [2.45, 2.75) is 30.7 Å². The normalized spacial score (nSPS) is 19.3. The van der Waals surface area contributed by atoms with Crippen LogP contribution in [0.5, 0.6) is 0 Å². The third-order valence-electron chi connectivity index (χ3n) is 3.58. The quantitative estimate of drug-likeness (QED) is 0.654. The van der Waals surface area contributed by atoms with Crippen molar-refractivity contribution in [2.24, 2.45) is 0 Å². The first-order valence-corrected chi connectivity index (χ1v) is 8.17. The molecule has 1 aromatic rings. The monoisotopic (exact) mass is 348 g/mol. The molecule has 0 aromatic heterocycles. The van der Waals surface area contributed by atoms with Crippen molar-refractivity contribution in [3.05, 3.63) is 32.8 Å². The summed E-state index contributed by atoms with van der Waals surface area (Å²) < 4.78 is 26.0. The minimum absolute atomic E-state index is 0.0542. The summed E-state index contributed by atoms with van der Waals surface area (Å²) in [4.78, 5) is 21.0. The van der Waals surface area contributed by atoms with Crippen LogP contribution in [0.1, 0.15) is 18.4 Å². The van der Waals surface area contributed by atoms with E-state index in [1.165, 1.54) is 6.92 Å². The number of benzene rings is 1. The molecule has 0 radical (unpaired) electrons. The van der Waals surface area contributed by atoms with Gasteiger partial charge in [0.2, 0.25) is 10.0 Å². The third kappa shape index (κ3) is 2.79. The van der Waals surface area contributed by atoms with Crippen molar-refractivity contribution in [3.63, 3.8) is 0 Å². The van der Waals surface area contributed by atoms with Gasteiger partial charge in [0.15, 0.2) is 0 Å². The summed E-state index contributed by atoms with van der Waals surface area (Å²) in [6, 6.07) is 0.855. The van der Waals surface area contributed by atoms with Crippen LogP contribution < -0.4 is 0 Å². The van der Waals surface area contributed by atoms with Gasteiger partial charge >= 0.3 is 5.97 Å². The van der Waals surface area contributed by atoms with Crippen LogP contribution >= 0.6 is 11.6 Å². The maximum atomic E-state index is 12.6. The molecule has 1 aliphatic heterocycles. The van der Waals surface area contributed by atoms with Crippen LogP contribution in [0.15, 0.2) is 17.0 Å². The van der Waals surface area contributed by atoms with Crippen molar-refractivity contribution in [1.29, 1.82) is 0 Å². The number of hydrogen-bond acceptors (Lipinski definition) is 5. The van der Waals surface area contributed by atoms with Crippen LogP contribution in [0.3, 0.4) is 0 Å². The maximum Gasteiger partial charge on any atom is 0.322 e. The van der Waals surface area contributed by atoms with Crippen molar-refractivity contribution in [3.8, 4) is 0 Å². The summed E-state index contributed by atoms with van der Waals surface area (Å²) in [6.07, 6.45) is 0.619. The molecule has 1 unspecified atom stereocenters. The number of carboxylic acid groups (broad SMARTS) is 1. The Morgan fingerprint density at radius 2 is 2.14 bits per heavy atom. The summed E-state index contributed by atoms with van der Waals surface area (Å²) >= 11 is 5.87. The number of halogens is 1. The van der Waals surface area contributed by atoms with Gasteiger partial charge in [-0.1, -0.05) is 11.6 Å². The van der Waals surface area contributed by atoms with Gasteiger partial charge in [-0.25, -0.2) is 8.42 Å². The zero-order valence-corrected chi connectivity index (χ0v) is 13.1. The van der Waals surface area contributed by atoms with Gasteiger partial charge in [0, 0.05) is 18.2 Å². The molecule has 0 amide bonds. The summed E-state index contributed by atoms with van der Waals surface area (Å²) in [5.74, 6) is -1.24. The molecule has 1 atom stereocenters. The molecule has 1 heterocycles. The first kappa shape index (κ1) is 16.7. The van der Waals surface area contributed by atoms with E-state index in [1.807, 2.05) is 0 Å². The van der Waals surface area contributed by atoms with Crippen LogP contribution in [0.2, 0.25) is 5.02 Å². The molecule has 0 bridgehead atoms. The number of carbonyl (C=O) groups is 1. The molecule has 1 aliphatic rings. The largest absolute Gasteiger partial charge is 0.480 e. The highest BCUT2D eigenvalue weighted by Crippen LogP contribution is 2.33. The van der Waals surface area contributed by atoms with E-state index in [4.69, 9.17) is 16.7 Å². The topological polar surface area (TPSA) is 118 Å². The van der Waals surface area contributed by atoms with E-state index in [9.17, 15) is 23.3 Å². The smallest absolute Gasteiger partial charge is 0.322 e. The zero-order chi connectivity index (χ0) is 16.7. The van der Waals surface area contributed by atoms with E-state index < -0.39 is 32.6 Å². The highest BCUT2D eigenvalue weighted by atomic mass is 35.5. The SMILES string of the molecule is Cc1c(Cl)cc(S(=O)(=O)N2CCCC2C(=O)O)cc1[N+](=O)[O-]. The second-order valence-corrected chi connectivity index (χ2v) is 7.22. The van der Waals surface area contributed by atoms with E-state index in [-0.39, 0.29) is 28.4 Å². The first-order valence-electron chi connectivity index (χ1n) is 6.35. The highest BCUT2D eigenvalue weighted by Gasteiger charge is 2.40. The van der Waals surface area contributed by atoms with Crippen molar-refractivity contribution in [1.82, 2.24) is 4.31 Å². The standard InChI is InChI=1S/C12H13ClN2O6S/c1-7-9(13)5-8(6-11(7)15(18)19)22(20,21)14-4-2-3-10(14)12(16)17/h5-6,10H,2-4H2,1H3,(H,16,17). The molecule has 2 rings (SSSR count). The van der Waals surface area contributed by atoms with E-state index in [0.717, 1.165) is 16.4 Å². The molecule has 1 aromatic carbocycles. The van der Waals surface area contributed by atoms with Crippen LogP contribution in [0, 0.1) is 17.0 Å². The van der Waals surface area contributed by atoms with Crippen molar-refractivity contribution < 1.29 is 23.2 Å². The van der Waals surface area contributed by atoms with Gasteiger partial charge < -0.3 is 5.11 Å². The molecule has 10 heteroatoms. The maximum absolute atomic E-state index is 12.6. The van der Waals surface area contributed by atoms with Crippen LogP contribution in [-0.4, -0.2) is 41.3 Å². The first-order chi connectivity index (χ1) is 10.2. The van der Waals surface area contributed by atoms with Crippen molar-refractivity contribution in [2.75, 3.05) is 6.54 Å². The fraction of sp³-hybridized carbons (Fsp3) is 0.417. The number of nitrogens with zero attached hydrogens (tertiary/aromatic N) is 2. The molecule has 0 spiro atoms. The van der Waals surface area contributed by atoms with Crippen LogP contribution in [0.25, 0.3) is 0 Å². The van der Waals surface area contributed by atoms with E-state index in [2.05, 4.69) is 0 Å². The lowest BCUT2D eigenvalue weighted by atomic mass is 10.2. The van der Waals surface area contributed by atoms with Gasteiger partial charge in [0.25, 0.3) is 5.69 Å². The lowest BCUT2D eigenvalue weighted by Crippen LogP contribution is -2.40. The minimum atomic E-state index is -4.16. The number of aliphatic carboxylic acids is 1. The zero-order valence-electron chi connectivity index (χ0n) is 11.5. The fourth-order valence-electron chi connectivity index (χ4n) is 2.39. The van der Waals surface area contributed by atoms with Gasteiger partial charge in [-0.3, -0.25) is 14.9 Å².